The van der Waals surface area contributed by atoms with Gasteiger partial charge in [0.05, 0.1) is 0 Å². The van der Waals surface area contributed by atoms with E-state index in [4.69, 9.17) is 5.73 Å². The molecule has 0 aliphatic carbocycles. The third kappa shape index (κ3) is 3.83. The summed E-state index contributed by atoms with van der Waals surface area (Å²) in [5, 5.41) is 0. The summed E-state index contributed by atoms with van der Waals surface area (Å²) in [6.07, 6.45) is 0. The molecule has 18 heavy (non-hydrogen) atoms. The van der Waals surface area contributed by atoms with Gasteiger partial charge in [-0.2, -0.15) is 0 Å². The van der Waals surface area contributed by atoms with E-state index in [0.29, 0.717) is 6.54 Å². The standard InChI is InChI=1S/C14H13BrFNS/c15-12-5-11(6-13(16)7-12)9-18-14-3-1-10(8-17)2-4-14/h1-7H,8-9,17H2. The zero-order valence-corrected chi connectivity index (χ0v) is 12.1. The zero-order valence-electron chi connectivity index (χ0n) is 9.70. The maximum Gasteiger partial charge on any atom is 0.124 e. The largest absolute Gasteiger partial charge is 0.326 e. The topological polar surface area (TPSA) is 26.0 Å². The van der Waals surface area contributed by atoms with Crippen LogP contribution in [0.25, 0.3) is 0 Å². The molecular formula is C14H13BrFNS. The third-order valence-corrected chi connectivity index (χ3v) is 4.03. The van der Waals surface area contributed by atoms with Gasteiger partial charge < -0.3 is 5.73 Å². The van der Waals surface area contributed by atoms with E-state index in [2.05, 4.69) is 15.9 Å². The molecule has 94 valence electrons. The fourth-order valence-corrected chi connectivity index (χ4v) is 2.92. The molecule has 2 N–H and O–H groups in total. The van der Waals surface area contributed by atoms with Crippen molar-refractivity contribution in [3.63, 3.8) is 0 Å². The van der Waals surface area contributed by atoms with Crippen LogP contribution in [0, 0.1) is 5.82 Å². The third-order valence-electron chi connectivity index (χ3n) is 2.49. The minimum absolute atomic E-state index is 0.210. The molecule has 0 bridgehead atoms. The molecule has 0 unspecified atom stereocenters. The van der Waals surface area contributed by atoms with Crippen LogP contribution >= 0.6 is 27.7 Å². The highest BCUT2D eigenvalue weighted by Gasteiger charge is 2.01. The highest BCUT2D eigenvalue weighted by molar-refractivity contribution is 9.10. The second-order valence-electron chi connectivity index (χ2n) is 3.91. The van der Waals surface area contributed by atoms with Crippen LogP contribution < -0.4 is 5.73 Å². The fourth-order valence-electron chi connectivity index (χ4n) is 1.58. The Morgan fingerprint density at radius 3 is 2.39 bits per heavy atom. The van der Waals surface area contributed by atoms with Crippen molar-refractivity contribution in [1.29, 1.82) is 0 Å². The summed E-state index contributed by atoms with van der Waals surface area (Å²) >= 11 is 4.98. The monoisotopic (exact) mass is 325 g/mol. The van der Waals surface area contributed by atoms with Gasteiger partial charge in [0.15, 0.2) is 0 Å². The summed E-state index contributed by atoms with van der Waals surface area (Å²) in [7, 11) is 0. The van der Waals surface area contributed by atoms with Crippen molar-refractivity contribution in [3.8, 4) is 0 Å². The minimum Gasteiger partial charge on any atom is -0.326 e. The van der Waals surface area contributed by atoms with Crippen molar-refractivity contribution in [2.45, 2.75) is 17.2 Å². The lowest BCUT2D eigenvalue weighted by molar-refractivity contribution is 0.625. The molecule has 0 fully saturated rings. The lowest BCUT2D eigenvalue weighted by Crippen LogP contribution is -1.94. The van der Waals surface area contributed by atoms with Crippen LogP contribution in [0.5, 0.6) is 0 Å². The number of thioether (sulfide) groups is 1. The lowest BCUT2D eigenvalue weighted by Gasteiger charge is -2.04. The van der Waals surface area contributed by atoms with Crippen molar-refractivity contribution in [1.82, 2.24) is 0 Å². The molecule has 0 aromatic heterocycles. The van der Waals surface area contributed by atoms with Crippen molar-refractivity contribution in [2.24, 2.45) is 5.73 Å². The number of hydrogen-bond donors (Lipinski definition) is 1. The molecule has 0 saturated heterocycles. The van der Waals surface area contributed by atoms with E-state index in [9.17, 15) is 4.39 Å². The summed E-state index contributed by atoms with van der Waals surface area (Å²) in [4.78, 5) is 1.16. The van der Waals surface area contributed by atoms with Crippen molar-refractivity contribution < 1.29 is 4.39 Å². The molecule has 2 rings (SSSR count). The Kier molecular flexibility index (Phi) is 4.80. The van der Waals surface area contributed by atoms with Gasteiger partial charge >= 0.3 is 0 Å². The number of hydrogen-bond acceptors (Lipinski definition) is 2. The van der Waals surface area contributed by atoms with Crippen LogP contribution in [0.4, 0.5) is 4.39 Å². The molecule has 2 aromatic carbocycles. The quantitative estimate of drug-likeness (QED) is 0.846. The summed E-state index contributed by atoms with van der Waals surface area (Å²) < 4.78 is 14.0. The molecule has 4 heteroatoms. The van der Waals surface area contributed by atoms with Gasteiger partial charge in [-0.25, -0.2) is 4.39 Å². The number of benzene rings is 2. The Balaban J connectivity index is 2.01. The average Bonchev–Trinajstić information content (AvgIpc) is 2.36. The van der Waals surface area contributed by atoms with Gasteiger partial charge in [0.25, 0.3) is 0 Å². The van der Waals surface area contributed by atoms with Crippen LogP contribution in [0.3, 0.4) is 0 Å². The predicted octanol–water partition coefficient (Wildman–Crippen LogP) is 4.34. The first-order valence-electron chi connectivity index (χ1n) is 5.54. The predicted molar refractivity (Wildman–Crippen MR) is 78.0 cm³/mol. The van der Waals surface area contributed by atoms with Gasteiger partial charge in [-0.1, -0.05) is 28.1 Å². The summed E-state index contributed by atoms with van der Waals surface area (Å²) in [5.74, 6) is 0.539. The van der Waals surface area contributed by atoms with Gasteiger partial charge in [-0.3, -0.25) is 0 Å². The van der Waals surface area contributed by atoms with Gasteiger partial charge in [0.1, 0.15) is 5.82 Å². The van der Waals surface area contributed by atoms with Crippen LogP contribution in [0.2, 0.25) is 0 Å². The number of halogens is 2. The maximum absolute atomic E-state index is 13.2. The molecule has 0 atom stereocenters. The Hall–Kier alpha value is -0.840. The highest BCUT2D eigenvalue weighted by atomic mass is 79.9. The molecule has 1 nitrogen and oxygen atoms in total. The number of rotatable bonds is 4. The maximum atomic E-state index is 13.2. The second-order valence-corrected chi connectivity index (χ2v) is 5.88. The van der Waals surface area contributed by atoms with Crippen LogP contribution in [-0.2, 0) is 12.3 Å². The molecule has 0 heterocycles. The Bertz CT molecular complexity index is 508. The zero-order chi connectivity index (χ0) is 13.0. The first-order valence-corrected chi connectivity index (χ1v) is 7.32. The highest BCUT2D eigenvalue weighted by Crippen LogP contribution is 2.25. The first kappa shape index (κ1) is 13.6. The number of nitrogens with two attached hydrogens (primary N) is 1. The first-order chi connectivity index (χ1) is 8.67. The Labute approximate surface area is 119 Å². The van der Waals surface area contributed by atoms with Crippen molar-refractivity contribution in [3.05, 3.63) is 63.9 Å². The van der Waals surface area contributed by atoms with E-state index in [-0.39, 0.29) is 5.82 Å². The molecule has 0 spiro atoms. The van der Waals surface area contributed by atoms with Gasteiger partial charge in [-0.05, 0) is 41.5 Å². The molecular weight excluding hydrogens is 313 g/mol. The van der Waals surface area contributed by atoms with E-state index < -0.39 is 0 Å². The summed E-state index contributed by atoms with van der Waals surface area (Å²) in [6, 6.07) is 13.1. The van der Waals surface area contributed by atoms with E-state index in [0.717, 1.165) is 26.2 Å². The Morgan fingerprint density at radius 1 is 1.06 bits per heavy atom. The van der Waals surface area contributed by atoms with Gasteiger partial charge in [-0.15, -0.1) is 11.8 Å². The molecule has 0 aliphatic rings. The van der Waals surface area contributed by atoms with Crippen LogP contribution in [-0.4, -0.2) is 0 Å². The van der Waals surface area contributed by atoms with E-state index in [1.54, 1.807) is 17.8 Å². The van der Waals surface area contributed by atoms with Crippen LogP contribution in [0.1, 0.15) is 11.1 Å². The average molecular weight is 326 g/mol. The summed E-state index contributed by atoms with van der Waals surface area (Å²) in [6.45, 7) is 0.557. The SMILES string of the molecule is NCc1ccc(SCc2cc(F)cc(Br)c2)cc1. The molecule has 0 saturated carbocycles. The smallest absolute Gasteiger partial charge is 0.124 e. The van der Waals surface area contributed by atoms with E-state index in [1.165, 1.54) is 6.07 Å². The van der Waals surface area contributed by atoms with Crippen LogP contribution in [0.15, 0.2) is 51.8 Å². The summed E-state index contributed by atoms with van der Waals surface area (Å²) in [5.41, 5.74) is 7.63. The van der Waals surface area contributed by atoms with E-state index in [1.807, 2.05) is 30.3 Å². The van der Waals surface area contributed by atoms with Crippen molar-refractivity contribution in [2.75, 3.05) is 0 Å². The molecule has 0 radical (unpaired) electrons. The minimum atomic E-state index is -0.210. The van der Waals surface area contributed by atoms with Gasteiger partial charge in [0, 0.05) is 21.7 Å². The molecule has 0 amide bonds. The lowest BCUT2D eigenvalue weighted by atomic mass is 10.2. The van der Waals surface area contributed by atoms with Gasteiger partial charge in [0.2, 0.25) is 0 Å². The van der Waals surface area contributed by atoms with E-state index >= 15 is 0 Å². The normalized spacial score (nSPS) is 10.6. The second kappa shape index (κ2) is 6.36. The van der Waals surface area contributed by atoms with Crippen molar-refractivity contribution >= 4 is 27.7 Å². The molecule has 0 aliphatic heterocycles. The Morgan fingerprint density at radius 2 is 1.78 bits per heavy atom. The molecule has 2 aromatic rings. The fraction of sp³-hybridized carbons (Fsp3) is 0.143.